The number of hydrogen-bond acceptors (Lipinski definition) is 5. The second kappa shape index (κ2) is 6.42. The Hall–Kier alpha value is -2.02. The molecule has 108 valence electrons. The zero-order valence-electron chi connectivity index (χ0n) is 10.8. The van der Waals surface area contributed by atoms with Crippen LogP contribution in [0.2, 0.25) is 0 Å². The van der Waals surface area contributed by atoms with E-state index in [1.807, 2.05) is 0 Å². The van der Waals surface area contributed by atoms with Gasteiger partial charge in [0.2, 0.25) is 0 Å². The van der Waals surface area contributed by atoms with Gasteiger partial charge in [0, 0.05) is 18.2 Å². The highest BCUT2D eigenvalue weighted by molar-refractivity contribution is 7.90. The van der Waals surface area contributed by atoms with Gasteiger partial charge in [-0.15, -0.1) is 0 Å². The Morgan fingerprint density at radius 2 is 1.60 bits per heavy atom. The maximum Gasteiger partial charge on any atom is 0.303 e. The number of carboxylic acids is 1. The van der Waals surface area contributed by atoms with Gasteiger partial charge in [-0.3, -0.25) is 14.4 Å². The Bertz CT molecular complexity index is 627. The van der Waals surface area contributed by atoms with E-state index >= 15 is 0 Å². The van der Waals surface area contributed by atoms with Crippen molar-refractivity contribution in [1.29, 1.82) is 0 Å². The van der Waals surface area contributed by atoms with Crippen LogP contribution in [0.25, 0.3) is 0 Å². The summed E-state index contributed by atoms with van der Waals surface area (Å²) in [7, 11) is -3.33. The number of benzene rings is 1. The van der Waals surface area contributed by atoms with Crippen molar-refractivity contribution in [2.24, 2.45) is 0 Å². The van der Waals surface area contributed by atoms with Crippen molar-refractivity contribution in [1.82, 2.24) is 0 Å². The third-order valence-corrected chi connectivity index (χ3v) is 3.71. The molecule has 1 rings (SSSR count). The second-order valence-electron chi connectivity index (χ2n) is 4.33. The molecule has 0 heterocycles. The molecular formula is C13H14O6S. The van der Waals surface area contributed by atoms with E-state index in [1.54, 1.807) is 0 Å². The Kier molecular flexibility index (Phi) is 5.15. The molecule has 0 amide bonds. The number of Topliss-reactive ketones (excluding diaryl/α,β-unsaturated/α-hetero) is 2. The molecule has 0 aliphatic rings. The molecule has 0 saturated heterocycles. The van der Waals surface area contributed by atoms with Crippen molar-refractivity contribution in [3.8, 4) is 0 Å². The summed E-state index contributed by atoms with van der Waals surface area (Å²) in [6.07, 6.45) is 0.173. The van der Waals surface area contributed by atoms with Gasteiger partial charge in [0.1, 0.15) is 5.78 Å². The molecule has 0 unspecified atom stereocenters. The molecule has 0 atom stereocenters. The minimum Gasteiger partial charge on any atom is -0.481 e. The van der Waals surface area contributed by atoms with E-state index < -0.39 is 27.4 Å². The molecule has 0 saturated carbocycles. The van der Waals surface area contributed by atoms with E-state index in [0.717, 1.165) is 6.26 Å². The van der Waals surface area contributed by atoms with E-state index in [0.29, 0.717) is 0 Å². The average Bonchev–Trinajstić information content (AvgIpc) is 2.35. The maximum atomic E-state index is 11.7. The fraction of sp³-hybridized carbons (Fsp3) is 0.308. The van der Waals surface area contributed by atoms with Crippen molar-refractivity contribution < 1.29 is 27.9 Å². The normalized spacial score (nSPS) is 11.1. The molecule has 20 heavy (non-hydrogen) atoms. The van der Waals surface area contributed by atoms with Gasteiger partial charge in [0.15, 0.2) is 15.6 Å². The first-order valence-electron chi connectivity index (χ1n) is 5.77. The van der Waals surface area contributed by atoms with E-state index in [1.165, 1.54) is 24.3 Å². The Balaban J connectivity index is 2.69. The summed E-state index contributed by atoms with van der Waals surface area (Å²) >= 11 is 0. The lowest BCUT2D eigenvalue weighted by Gasteiger charge is -2.02. The highest BCUT2D eigenvalue weighted by Crippen LogP contribution is 2.12. The first-order chi connectivity index (χ1) is 9.20. The monoisotopic (exact) mass is 298 g/mol. The minimum atomic E-state index is -3.33. The van der Waals surface area contributed by atoms with Gasteiger partial charge in [-0.05, 0) is 12.1 Å². The number of ketones is 2. The number of aliphatic carboxylic acids is 1. The van der Waals surface area contributed by atoms with Gasteiger partial charge in [0.25, 0.3) is 0 Å². The predicted molar refractivity (Wildman–Crippen MR) is 70.4 cm³/mol. The first kappa shape index (κ1) is 16.0. The fourth-order valence-corrected chi connectivity index (χ4v) is 2.13. The lowest BCUT2D eigenvalue weighted by atomic mass is 10.0. The van der Waals surface area contributed by atoms with Crippen LogP contribution in [0.5, 0.6) is 0 Å². The minimum absolute atomic E-state index is 0.0891. The number of carboxylic acid groups (broad SMARTS) is 1. The maximum absolute atomic E-state index is 11.7. The molecule has 1 N–H and O–H groups in total. The zero-order valence-corrected chi connectivity index (χ0v) is 11.6. The number of carbonyl (C=O) groups is 3. The summed E-state index contributed by atoms with van der Waals surface area (Å²) < 4.78 is 22.5. The molecule has 0 aromatic heterocycles. The summed E-state index contributed by atoms with van der Waals surface area (Å²) in [5.74, 6) is -2.01. The van der Waals surface area contributed by atoms with Crippen molar-refractivity contribution in [2.45, 2.75) is 24.2 Å². The van der Waals surface area contributed by atoms with Crippen LogP contribution >= 0.6 is 0 Å². The van der Waals surface area contributed by atoms with Crippen LogP contribution in [0.4, 0.5) is 0 Å². The third-order valence-electron chi connectivity index (χ3n) is 2.58. The Morgan fingerprint density at radius 1 is 1.05 bits per heavy atom. The molecule has 0 bridgehead atoms. The van der Waals surface area contributed by atoms with Crippen LogP contribution in [0.15, 0.2) is 29.2 Å². The first-order valence-corrected chi connectivity index (χ1v) is 7.66. The zero-order chi connectivity index (χ0) is 15.3. The lowest BCUT2D eigenvalue weighted by Crippen LogP contribution is -2.10. The number of rotatable bonds is 7. The van der Waals surface area contributed by atoms with Crippen LogP contribution in [0, 0.1) is 0 Å². The SMILES string of the molecule is CS(=O)(=O)c1ccc(C(=O)CC(=O)CCC(=O)O)cc1. The molecule has 7 heteroatoms. The molecule has 0 fully saturated rings. The summed E-state index contributed by atoms with van der Waals surface area (Å²) in [4.78, 5) is 33.5. The molecule has 0 aliphatic heterocycles. The quantitative estimate of drug-likeness (QED) is 0.597. The van der Waals surface area contributed by atoms with Crippen LogP contribution in [-0.4, -0.2) is 37.3 Å². The summed E-state index contributed by atoms with van der Waals surface area (Å²) in [6.45, 7) is 0. The van der Waals surface area contributed by atoms with E-state index in [-0.39, 0.29) is 29.7 Å². The average molecular weight is 298 g/mol. The van der Waals surface area contributed by atoms with Crippen LogP contribution in [-0.2, 0) is 19.4 Å². The number of carbonyl (C=O) groups excluding carboxylic acids is 2. The molecule has 1 aromatic rings. The van der Waals surface area contributed by atoms with Gasteiger partial charge >= 0.3 is 5.97 Å². The van der Waals surface area contributed by atoms with Crippen LogP contribution in [0.3, 0.4) is 0 Å². The van der Waals surface area contributed by atoms with Crippen molar-refractivity contribution in [3.05, 3.63) is 29.8 Å². The highest BCUT2D eigenvalue weighted by atomic mass is 32.2. The topological polar surface area (TPSA) is 106 Å². The van der Waals surface area contributed by atoms with Crippen LogP contribution in [0.1, 0.15) is 29.6 Å². The molecule has 0 aliphatic carbocycles. The summed E-state index contributed by atoms with van der Waals surface area (Å²) in [6, 6.07) is 5.26. The van der Waals surface area contributed by atoms with Gasteiger partial charge in [-0.25, -0.2) is 8.42 Å². The highest BCUT2D eigenvalue weighted by Gasteiger charge is 2.14. The van der Waals surface area contributed by atoms with Gasteiger partial charge in [0.05, 0.1) is 17.7 Å². The van der Waals surface area contributed by atoms with E-state index in [2.05, 4.69) is 0 Å². The van der Waals surface area contributed by atoms with E-state index in [4.69, 9.17) is 5.11 Å². The fourth-order valence-electron chi connectivity index (χ4n) is 1.50. The lowest BCUT2D eigenvalue weighted by molar-refractivity contribution is -0.138. The van der Waals surface area contributed by atoms with Crippen molar-refractivity contribution in [3.63, 3.8) is 0 Å². The summed E-state index contributed by atoms with van der Waals surface area (Å²) in [5.41, 5.74) is 0.223. The molecule has 1 aromatic carbocycles. The van der Waals surface area contributed by atoms with Crippen molar-refractivity contribution >= 4 is 27.4 Å². The van der Waals surface area contributed by atoms with Gasteiger partial charge in [-0.1, -0.05) is 12.1 Å². The van der Waals surface area contributed by atoms with Gasteiger partial charge in [-0.2, -0.15) is 0 Å². The number of hydrogen-bond donors (Lipinski definition) is 1. The Morgan fingerprint density at radius 3 is 2.05 bits per heavy atom. The van der Waals surface area contributed by atoms with E-state index in [9.17, 15) is 22.8 Å². The second-order valence-corrected chi connectivity index (χ2v) is 6.34. The van der Waals surface area contributed by atoms with Gasteiger partial charge < -0.3 is 5.11 Å². The molecule has 0 spiro atoms. The standard InChI is InChI=1S/C13H14O6S/c1-20(18,19)11-5-2-9(3-6-11)12(15)8-10(14)4-7-13(16)17/h2-3,5-6H,4,7-8H2,1H3,(H,16,17). The molecular weight excluding hydrogens is 284 g/mol. The smallest absolute Gasteiger partial charge is 0.303 e. The predicted octanol–water partition coefficient (Wildman–Crippen LogP) is 1.10. The Labute approximate surface area is 116 Å². The number of sulfone groups is 1. The molecule has 0 radical (unpaired) electrons. The third kappa shape index (κ3) is 4.93. The largest absolute Gasteiger partial charge is 0.481 e. The van der Waals surface area contributed by atoms with Crippen molar-refractivity contribution in [2.75, 3.05) is 6.26 Å². The molecule has 6 nitrogen and oxygen atoms in total. The summed E-state index contributed by atoms with van der Waals surface area (Å²) in [5, 5.41) is 8.43. The van der Waals surface area contributed by atoms with Crippen LogP contribution < -0.4 is 0 Å².